The molecule has 1 aliphatic carbocycles. The molecule has 4 heteroatoms. The lowest BCUT2D eigenvalue weighted by Gasteiger charge is -2.48. The van der Waals surface area contributed by atoms with Crippen molar-refractivity contribution in [3.63, 3.8) is 0 Å². The Kier molecular flexibility index (Phi) is 5.11. The maximum Gasteiger partial charge on any atom is 0.130 e. The highest BCUT2D eigenvalue weighted by Gasteiger charge is 2.46. The Bertz CT molecular complexity index is 1320. The number of nitriles is 1. The minimum Gasteiger partial charge on any atom is -0.487 e. The van der Waals surface area contributed by atoms with Gasteiger partial charge >= 0.3 is 0 Å². The minimum atomic E-state index is -0.272. The zero-order valence-electron chi connectivity index (χ0n) is 17.9. The van der Waals surface area contributed by atoms with Gasteiger partial charge in [-0.3, -0.25) is 0 Å². The third-order valence-corrected chi connectivity index (χ3v) is 6.44. The molecule has 0 radical (unpaired) electrons. The van der Waals surface area contributed by atoms with E-state index >= 15 is 0 Å². The van der Waals surface area contributed by atoms with Gasteiger partial charge in [0, 0.05) is 10.8 Å². The zero-order chi connectivity index (χ0) is 22.1. The average molecular weight is 423 g/mol. The number of aromatic nitrogens is 1. The fourth-order valence-corrected chi connectivity index (χ4v) is 4.98. The molecule has 1 aromatic heterocycles. The summed E-state index contributed by atoms with van der Waals surface area (Å²) in [6.45, 7) is 2.55. The quantitative estimate of drug-likeness (QED) is 0.367. The smallest absolute Gasteiger partial charge is 0.130 e. The second kappa shape index (κ2) is 8.09. The third-order valence-electron chi connectivity index (χ3n) is 6.44. The molecular weight excluding hydrogens is 399 g/mol. The van der Waals surface area contributed by atoms with Crippen LogP contribution in [-0.2, 0) is 12.0 Å². The summed E-state index contributed by atoms with van der Waals surface area (Å²) in [6.07, 6.45) is 2.02. The molecule has 0 aliphatic heterocycles. The molecule has 0 atom stereocenters. The molecule has 0 amide bonds. The number of nitrogens with zero attached hydrogens (tertiary/aromatic N) is 2. The van der Waals surface area contributed by atoms with Crippen molar-refractivity contribution in [3.8, 4) is 11.8 Å². The summed E-state index contributed by atoms with van der Waals surface area (Å²) in [4.78, 5) is 4.58. The molecule has 0 N–H and O–H groups in total. The molecule has 1 saturated carbocycles. The van der Waals surface area contributed by atoms with Crippen LogP contribution in [0.4, 0.5) is 4.39 Å². The Labute approximate surface area is 187 Å². The third kappa shape index (κ3) is 3.61. The number of ether oxygens (including phenoxy) is 1. The number of rotatable bonds is 5. The lowest BCUT2D eigenvalue weighted by molar-refractivity contribution is 0.199. The summed E-state index contributed by atoms with van der Waals surface area (Å²) in [6, 6.07) is 26.8. The van der Waals surface area contributed by atoms with E-state index in [9.17, 15) is 9.65 Å². The first-order chi connectivity index (χ1) is 15.6. The molecule has 0 unspecified atom stereocenters. The molecule has 4 aromatic rings. The predicted molar refractivity (Wildman–Crippen MR) is 123 cm³/mol. The Morgan fingerprint density at radius 1 is 1.03 bits per heavy atom. The fraction of sp³-hybridized carbons (Fsp3) is 0.214. The largest absolute Gasteiger partial charge is 0.487 e. The Balaban J connectivity index is 1.45. The number of halogens is 1. The molecule has 1 heterocycles. The van der Waals surface area contributed by atoms with Crippen molar-refractivity contribution in [2.75, 3.05) is 0 Å². The van der Waals surface area contributed by atoms with Gasteiger partial charge in [-0.15, -0.1) is 0 Å². The Morgan fingerprint density at radius 3 is 2.59 bits per heavy atom. The maximum absolute atomic E-state index is 13.4. The van der Waals surface area contributed by atoms with E-state index in [2.05, 4.69) is 42.2 Å². The molecule has 0 bridgehead atoms. The molecule has 0 saturated heterocycles. The van der Waals surface area contributed by atoms with Crippen LogP contribution >= 0.6 is 0 Å². The van der Waals surface area contributed by atoms with Gasteiger partial charge in [0.25, 0.3) is 0 Å². The van der Waals surface area contributed by atoms with Gasteiger partial charge < -0.3 is 4.74 Å². The van der Waals surface area contributed by atoms with E-state index in [1.165, 1.54) is 17.7 Å². The van der Waals surface area contributed by atoms with Gasteiger partial charge in [-0.2, -0.15) is 5.26 Å². The normalized spacial score (nSPS) is 19.8. The van der Waals surface area contributed by atoms with Crippen LogP contribution in [0.5, 0.6) is 5.75 Å². The molecule has 3 aromatic carbocycles. The highest BCUT2D eigenvalue weighted by molar-refractivity contribution is 5.78. The van der Waals surface area contributed by atoms with Crippen molar-refractivity contribution in [2.45, 2.75) is 31.8 Å². The fourth-order valence-electron chi connectivity index (χ4n) is 4.98. The molecule has 32 heavy (non-hydrogen) atoms. The number of pyridine rings is 1. The molecule has 3 nitrogen and oxygen atoms in total. The molecule has 1 aliphatic rings. The summed E-state index contributed by atoms with van der Waals surface area (Å²) < 4.78 is 19.5. The van der Waals surface area contributed by atoms with Crippen molar-refractivity contribution in [2.24, 2.45) is 5.92 Å². The van der Waals surface area contributed by atoms with Crippen molar-refractivity contribution >= 4 is 10.9 Å². The van der Waals surface area contributed by atoms with Crippen molar-refractivity contribution in [3.05, 3.63) is 107 Å². The van der Waals surface area contributed by atoms with Crippen LogP contribution in [0.3, 0.4) is 0 Å². The first kappa shape index (κ1) is 20.2. The summed E-state index contributed by atoms with van der Waals surface area (Å²) in [5.41, 5.74) is 4.32. The van der Waals surface area contributed by atoms with Crippen LogP contribution in [0.25, 0.3) is 10.9 Å². The van der Waals surface area contributed by atoms with Gasteiger partial charge in [0.05, 0.1) is 22.8 Å². The second-order valence-electron chi connectivity index (χ2n) is 8.71. The monoisotopic (exact) mass is 422 g/mol. The Morgan fingerprint density at radius 2 is 1.84 bits per heavy atom. The van der Waals surface area contributed by atoms with E-state index in [1.54, 1.807) is 6.07 Å². The van der Waals surface area contributed by atoms with E-state index in [-0.39, 0.29) is 11.2 Å². The van der Waals surface area contributed by atoms with Crippen LogP contribution in [0, 0.1) is 23.1 Å². The lowest BCUT2D eigenvalue weighted by Crippen LogP contribution is -2.41. The molecule has 1 fully saturated rings. The molecule has 158 valence electrons. The summed E-state index contributed by atoms with van der Waals surface area (Å²) in [5.74, 6) is 1.05. The van der Waals surface area contributed by atoms with Crippen LogP contribution in [0.1, 0.15) is 42.1 Å². The van der Waals surface area contributed by atoms with E-state index in [4.69, 9.17) is 4.74 Å². The average Bonchev–Trinajstić information content (AvgIpc) is 2.81. The number of hydrogen-bond acceptors (Lipinski definition) is 3. The van der Waals surface area contributed by atoms with Gasteiger partial charge in [0.15, 0.2) is 0 Å². The minimum absolute atomic E-state index is 0.156. The number of hydrogen-bond donors (Lipinski definition) is 0. The van der Waals surface area contributed by atoms with Crippen molar-refractivity contribution in [1.82, 2.24) is 4.98 Å². The summed E-state index contributed by atoms with van der Waals surface area (Å²) in [7, 11) is 0. The van der Waals surface area contributed by atoms with Gasteiger partial charge in [0.2, 0.25) is 0 Å². The van der Waals surface area contributed by atoms with Gasteiger partial charge in [-0.05, 0) is 72.4 Å². The van der Waals surface area contributed by atoms with E-state index in [1.807, 2.05) is 36.4 Å². The molecule has 0 spiro atoms. The van der Waals surface area contributed by atoms with Crippen LogP contribution in [0.2, 0.25) is 0 Å². The van der Waals surface area contributed by atoms with Crippen LogP contribution in [0.15, 0.2) is 78.9 Å². The zero-order valence-corrected chi connectivity index (χ0v) is 17.9. The lowest BCUT2D eigenvalue weighted by atomic mass is 9.55. The molecular formula is C28H23FN2O. The highest BCUT2D eigenvalue weighted by atomic mass is 19.1. The standard InChI is InChI=1S/C28H23FN2O/c1-19-15-28(16-19,22-5-3-2-4-6-22)26-14-25(11-8-21(26)17-30)32-18-24-10-7-20-13-23(29)9-12-27(20)31-24/h2-14,19H,15-16,18H2,1H3. The number of fused-ring (bicyclic) bond motifs is 1. The van der Waals surface area contributed by atoms with E-state index in [0.29, 0.717) is 18.1 Å². The second-order valence-corrected chi connectivity index (χ2v) is 8.71. The molecule has 5 rings (SSSR count). The van der Waals surface area contributed by atoms with Crippen molar-refractivity contribution in [1.29, 1.82) is 5.26 Å². The number of benzene rings is 3. The van der Waals surface area contributed by atoms with E-state index in [0.717, 1.165) is 40.8 Å². The van der Waals surface area contributed by atoms with Crippen LogP contribution < -0.4 is 4.74 Å². The van der Waals surface area contributed by atoms with E-state index < -0.39 is 0 Å². The predicted octanol–water partition coefficient (Wildman–Crippen LogP) is 6.54. The topological polar surface area (TPSA) is 45.9 Å². The summed E-state index contributed by atoms with van der Waals surface area (Å²) in [5, 5.41) is 10.6. The SMILES string of the molecule is CC1CC(c2ccccc2)(c2cc(OCc3ccc4cc(F)ccc4n3)ccc2C#N)C1. The first-order valence-corrected chi connectivity index (χ1v) is 10.9. The Hall–Kier alpha value is -3.71. The van der Waals surface area contributed by atoms with Gasteiger partial charge in [0.1, 0.15) is 18.2 Å². The van der Waals surface area contributed by atoms with Gasteiger partial charge in [-0.25, -0.2) is 9.37 Å². The van der Waals surface area contributed by atoms with Gasteiger partial charge in [-0.1, -0.05) is 43.3 Å². The van der Waals surface area contributed by atoms with Crippen LogP contribution in [-0.4, -0.2) is 4.98 Å². The summed E-state index contributed by atoms with van der Waals surface area (Å²) >= 11 is 0. The maximum atomic E-state index is 13.4. The van der Waals surface area contributed by atoms with Crippen molar-refractivity contribution < 1.29 is 9.13 Å². The highest BCUT2D eigenvalue weighted by Crippen LogP contribution is 2.53. The first-order valence-electron chi connectivity index (χ1n) is 10.9.